The lowest BCUT2D eigenvalue weighted by molar-refractivity contribution is -0.135. The fourth-order valence-corrected chi connectivity index (χ4v) is 2.38. The summed E-state index contributed by atoms with van der Waals surface area (Å²) in [6, 6.07) is 7.89. The number of nitrogens with zero attached hydrogens (tertiary/aromatic N) is 1. The molecule has 1 aliphatic rings. The summed E-state index contributed by atoms with van der Waals surface area (Å²) in [4.78, 5) is 14.1. The van der Waals surface area contributed by atoms with Crippen molar-refractivity contribution in [2.75, 3.05) is 20.3 Å². The first-order valence-electron chi connectivity index (χ1n) is 6.78. The molecule has 0 bridgehead atoms. The van der Waals surface area contributed by atoms with Crippen LogP contribution in [0.3, 0.4) is 0 Å². The topological polar surface area (TPSA) is 49.8 Å². The Hall–Kier alpha value is -1.55. The van der Waals surface area contributed by atoms with Gasteiger partial charge in [-0.1, -0.05) is 12.1 Å². The molecule has 4 heteroatoms. The monoisotopic (exact) mass is 263 g/mol. The lowest BCUT2D eigenvalue weighted by Crippen LogP contribution is -2.46. The standard InChI is InChI=1S/C15H21NO3/c1-19-14-7-2-4-12(10-14)11-15(18)16(8-9-17)13-5-3-6-13/h2,4,7,10,13,17H,3,5-6,8-9,11H2,1H3. The maximum atomic E-state index is 12.3. The van der Waals surface area contributed by atoms with Crippen LogP contribution in [0.5, 0.6) is 5.75 Å². The number of methoxy groups -OCH3 is 1. The molecule has 0 heterocycles. The third-order valence-corrected chi connectivity index (χ3v) is 3.67. The third-order valence-electron chi connectivity index (χ3n) is 3.67. The Morgan fingerprint density at radius 3 is 2.84 bits per heavy atom. The van der Waals surface area contributed by atoms with Gasteiger partial charge in [0.05, 0.1) is 20.1 Å². The van der Waals surface area contributed by atoms with E-state index in [1.54, 1.807) is 7.11 Å². The van der Waals surface area contributed by atoms with E-state index in [0.29, 0.717) is 19.0 Å². The molecule has 1 fully saturated rings. The summed E-state index contributed by atoms with van der Waals surface area (Å²) in [6.45, 7) is 0.466. The van der Waals surface area contributed by atoms with Crippen LogP contribution in [0.4, 0.5) is 0 Å². The summed E-state index contributed by atoms with van der Waals surface area (Å²) >= 11 is 0. The molecule has 1 N–H and O–H groups in total. The lowest BCUT2D eigenvalue weighted by atomic mass is 9.91. The molecule has 1 aromatic carbocycles. The Balaban J connectivity index is 2.00. The molecule has 1 aliphatic carbocycles. The van der Waals surface area contributed by atoms with Gasteiger partial charge in [0.25, 0.3) is 0 Å². The molecule has 2 rings (SSSR count). The highest BCUT2D eigenvalue weighted by molar-refractivity contribution is 5.79. The van der Waals surface area contributed by atoms with Gasteiger partial charge in [-0.15, -0.1) is 0 Å². The largest absolute Gasteiger partial charge is 0.497 e. The predicted molar refractivity (Wildman–Crippen MR) is 73.1 cm³/mol. The van der Waals surface area contributed by atoms with E-state index in [0.717, 1.165) is 24.2 Å². The normalized spacial score (nSPS) is 14.8. The Morgan fingerprint density at radius 1 is 1.47 bits per heavy atom. The van der Waals surface area contributed by atoms with E-state index < -0.39 is 0 Å². The third kappa shape index (κ3) is 3.47. The van der Waals surface area contributed by atoms with Gasteiger partial charge in [0.2, 0.25) is 5.91 Å². The zero-order valence-corrected chi connectivity index (χ0v) is 11.3. The van der Waals surface area contributed by atoms with E-state index >= 15 is 0 Å². The van der Waals surface area contributed by atoms with Crippen LogP contribution in [0.1, 0.15) is 24.8 Å². The smallest absolute Gasteiger partial charge is 0.227 e. The van der Waals surface area contributed by atoms with Crippen molar-refractivity contribution in [1.82, 2.24) is 4.90 Å². The SMILES string of the molecule is COc1cccc(CC(=O)N(CCO)C2CCC2)c1. The minimum absolute atomic E-state index is 0.0281. The number of rotatable bonds is 6. The summed E-state index contributed by atoms with van der Waals surface area (Å²) in [5.41, 5.74) is 0.951. The van der Waals surface area contributed by atoms with E-state index in [1.807, 2.05) is 29.2 Å². The lowest BCUT2D eigenvalue weighted by Gasteiger charge is -2.37. The van der Waals surface area contributed by atoms with Gasteiger partial charge in [-0.25, -0.2) is 0 Å². The number of aliphatic hydroxyl groups excluding tert-OH is 1. The van der Waals surface area contributed by atoms with Crippen LogP contribution >= 0.6 is 0 Å². The number of hydrogen-bond donors (Lipinski definition) is 1. The van der Waals surface area contributed by atoms with E-state index in [-0.39, 0.29) is 12.5 Å². The van der Waals surface area contributed by atoms with Gasteiger partial charge in [-0.05, 0) is 37.0 Å². The number of benzene rings is 1. The van der Waals surface area contributed by atoms with E-state index in [4.69, 9.17) is 9.84 Å². The number of amides is 1. The molecule has 0 atom stereocenters. The van der Waals surface area contributed by atoms with Crippen molar-refractivity contribution in [3.8, 4) is 5.75 Å². The Bertz CT molecular complexity index is 429. The van der Waals surface area contributed by atoms with Crippen molar-refractivity contribution in [3.63, 3.8) is 0 Å². The minimum atomic E-state index is 0.0281. The van der Waals surface area contributed by atoms with Crippen molar-refractivity contribution < 1.29 is 14.6 Å². The van der Waals surface area contributed by atoms with Crippen LogP contribution in [0.25, 0.3) is 0 Å². The van der Waals surface area contributed by atoms with Crippen molar-refractivity contribution >= 4 is 5.91 Å². The van der Waals surface area contributed by atoms with Crippen molar-refractivity contribution in [2.24, 2.45) is 0 Å². The zero-order valence-electron chi connectivity index (χ0n) is 11.3. The Kier molecular flexibility index (Phi) is 4.80. The average Bonchev–Trinajstić information content (AvgIpc) is 2.36. The summed E-state index contributed by atoms with van der Waals surface area (Å²) < 4.78 is 5.16. The van der Waals surface area contributed by atoms with Gasteiger partial charge in [-0.3, -0.25) is 4.79 Å². The van der Waals surface area contributed by atoms with E-state index in [9.17, 15) is 4.79 Å². The summed E-state index contributed by atoms with van der Waals surface area (Å²) in [5, 5.41) is 9.09. The summed E-state index contributed by atoms with van der Waals surface area (Å²) in [7, 11) is 1.62. The molecule has 19 heavy (non-hydrogen) atoms. The molecule has 0 aliphatic heterocycles. The molecule has 0 radical (unpaired) electrons. The van der Waals surface area contributed by atoms with Crippen molar-refractivity contribution in [1.29, 1.82) is 0 Å². The molecule has 0 saturated heterocycles. The van der Waals surface area contributed by atoms with E-state index in [2.05, 4.69) is 0 Å². The minimum Gasteiger partial charge on any atom is -0.497 e. The highest BCUT2D eigenvalue weighted by Crippen LogP contribution is 2.25. The average molecular weight is 263 g/mol. The Labute approximate surface area is 114 Å². The number of ether oxygens (including phenoxy) is 1. The van der Waals surface area contributed by atoms with Crippen LogP contribution in [-0.2, 0) is 11.2 Å². The molecule has 1 amide bonds. The molecule has 1 aromatic rings. The maximum Gasteiger partial charge on any atom is 0.227 e. The van der Waals surface area contributed by atoms with Gasteiger partial charge in [0.1, 0.15) is 5.75 Å². The molecular weight excluding hydrogens is 242 g/mol. The first-order chi connectivity index (χ1) is 9.24. The van der Waals surface area contributed by atoms with Crippen LogP contribution in [0.15, 0.2) is 24.3 Å². The van der Waals surface area contributed by atoms with Gasteiger partial charge < -0.3 is 14.7 Å². The number of aliphatic hydroxyl groups is 1. The van der Waals surface area contributed by atoms with Crippen LogP contribution < -0.4 is 4.74 Å². The fraction of sp³-hybridized carbons (Fsp3) is 0.533. The fourth-order valence-electron chi connectivity index (χ4n) is 2.38. The predicted octanol–water partition coefficient (Wildman–Crippen LogP) is 1.61. The molecular formula is C15H21NO3. The number of carbonyl (C=O) groups excluding carboxylic acids is 1. The van der Waals surface area contributed by atoms with Gasteiger partial charge in [0.15, 0.2) is 0 Å². The quantitative estimate of drug-likeness (QED) is 0.848. The second-order valence-corrected chi connectivity index (χ2v) is 4.92. The van der Waals surface area contributed by atoms with Gasteiger partial charge in [-0.2, -0.15) is 0 Å². The summed E-state index contributed by atoms with van der Waals surface area (Å²) in [5.74, 6) is 0.856. The number of hydrogen-bond acceptors (Lipinski definition) is 3. The molecule has 0 unspecified atom stereocenters. The van der Waals surface area contributed by atoms with Gasteiger partial charge in [0, 0.05) is 12.6 Å². The van der Waals surface area contributed by atoms with Crippen LogP contribution in [-0.4, -0.2) is 42.2 Å². The maximum absolute atomic E-state index is 12.3. The molecule has 0 spiro atoms. The van der Waals surface area contributed by atoms with Crippen molar-refractivity contribution in [2.45, 2.75) is 31.7 Å². The highest BCUT2D eigenvalue weighted by atomic mass is 16.5. The zero-order chi connectivity index (χ0) is 13.7. The van der Waals surface area contributed by atoms with Gasteiger partial charge >= 0.3 is 0 Å². The molecule has 0 aromatic heterocycles. The summed E-state index contributed by atoms with van der Waals surface area (Å²) in [6.07, 6.45) is 3.67. The van der Waals surface area contributed by atoms with Crippen LogP contribution in [0.2, 0.25) is 0 Å². The number of carbonyl (C=O) groups is 1. The first kappa shape index (κ1) is 13.9. The molecule has 4 nitrogen and oxygen atoms in total. The molecule has 104 valence electrons. The second kappa shape index (κ2) is 6.57. The van der Waals surface area contributed by atoms with Crippen molar-refractivity contribution in [3.05, 3.63) is 29.8 Å². The first-order valence-corrected chi connectivity index (χ1v) is 6.78. The molecule has 1 saturated carbocycles. The van der Waals surface area contributed by atoms with E-state index in [1.165, 1.54) is 6.42 Å². The second-order valence-electron chi connectivity index (χ2n) is 4.92. The van der Waals surface area contributed by atoms with Crippen LogP contribution in [0, 0.1) is 0 Å². The Morgan fingerprint density at radius 2 is 2.26 bits per heavy atom. The highest BCUT2D eigenvalue weighted by Gasteiger charge is 2.28.